The zero-order valence-electron chi connectivity index (χ0n) is 13.3. The first-order valence-corrected chi connectivity index (χ1v) is 8.77. The van der Waals surface area contributed by atoms with Crippen molar-refractivity contribution in [3.05, 3.63) is 28.2 Å². The molecule has 0 aliphatic heterocycles. The highest BCUT2D eigenvalue weighted by Crippen LogP contribution is 2.05. The Morgan fingerprint density at radius 2 is 2.26 bits per heavy atom. The number of nitrogens with zero attached hydrogens (tertiary/aromatic N) is 2. The third-order valence-corrected chi connectivity index (χ3v) is 4.19. The van der Waals surface area contributed by atoms with Crippen molar-refractivity contribution >= 4 is 16.7 Å². The summed E-state index contributed by atoms with van der Waals surface area (Å²) in [5.41, 5.74) is 0.214. The maximum Gasteiger partial charge on any atom is 0.234 e. The van der Waals surface area contributed by atoms with E-state index in [9.17, 15) is 13.8 Å². The summed E-state index contributed by atoms with van der Waals surface area (Å²) in [6, 6.07) is 3.29. The lowest BCUT2D eigenvalue weighted by atomic mass is 10.3. The lowest BCUT2D eigenvalue weighted by Gasteiger charge is -2.15. The van der Waals surface area contributed by atoms with Crippen LogP contribution in [0.5, 0.6) is 5.75 Å². The van der Waals surface area contributed by atoms with E-state index in [0.29, 0.717) is 18.8 Å². The minimum Gasteiger partial charge on any atom is -0.488 e. The highest BCUT2D eigenvalue weighted by Gasteiger charge is 2.14. The lowest BCUT2D eigenvalue weighted by molar-refractivity contribution is -0.127. The minimum absolute atomic E-state index is 0.0845. The third-order valence-electron chi connectivity index (χ3n) is 2.98. The van der Waals surface area contributed by atoms with E-state index in [0.717, 1.165) is 6.42 Å². The minimum atomic E-state index is -1.43. The molecule has 7 nitrogen and oxygen atoms in total. The molecule has 1 N–H and O–H groups in total. The summed E-state index contributed by atoms with van der Waals surface area (Å²) in [7, 11) is 0.136. The highest BCUT2D eigenvalue weighted by molar-refractivity contribution is 7.84. The Balaban J connectivity index is 2.57. The second-order valence-electron chi connectivity index (χ2n) is 4.99. The molecule has 1 heterocycles. The molecule has 0 aromatic carbocycles. The van der Waals surface area contributed by atoms with Gasteiger partial charge in [0.05, 0.1) is 24.8 Å². The van der Waals surface area contributed by atoms with Gasteiger partial charge >= 0.3 is 0 Å². The summed E-state index contributed by atoms with van der Waals surface area (Å²) < 4.78 is 17.3. The van der Waals surface area contributed by atoms with Crippen LogP contribution in [-0.2, 0) is 21.3 Å². The van der Waals surface area contributed by atoms with Gasteiger partial charge in [-0.3, -0.25) is 13.8 Å². The van der Waals surface area contributed by atoms with Crippen molar-refractivity contribution in [1.29, 1.82) is 5.26 Å². The van der Waals surface area contributed by atoms with Gasteiger partial charge in [0, 0.05) is 42.3 Å². The van der Waals surface area contributed by atoms with Crippen LogP contribution in [0.1, 0.15) is 25.5 Å². The van der Waals surface area contributed by atoms with E-state index in [1.54, 1.807) is 7.05 Å². The molecular formula is C15H21N3O4S. The van der Waals surface area contributed by atoms with E-state index < -0.39 is 10.8 Å². The van der Waals surface area contributed by atoms with Gasteiger partial charge < -0.3 is 14.6 Å². The normalized spacial score (nSPS) is 11.5. The Labute approximate surface area is 137 Å². The number of rotatable bonds is 9. The number of hydrogen-bond acceptors (Lipinski definition) is 5. The Morgan fingerprint density at radius 1 is 1.52 bits per heavy atom. The predicted octanol–water partition coefficient (Wildman–Crippen LogP) is 0.784. The first kappa shape index (κ1) is 18.9. The fourth-order valence-corrected chi connectivity index (χ4v) is 2.83. The molecule has 8 heteroatoms. The predicted molar refractivity (Wildman–Crippen MR) is 87.4 cm³/mol. The molecule has 0 aliphatic carbocycles. The van der Waals surface area contributed by atoms with Crippen LogP contribution in [0.25, 0.3) is 0 Å². The van der Waals surface area contributed by atoms with E-state index in [1.165, 1.54) is 17.2 Å². The maximum atomic E-state index is 12.0. The molecular weight excluding hydrogens is 318 g/mol. The van der Waals surface area contributed by atoms with E-state index in [4.69, 9.17) is 10.00 Å². The summed E-state index contributed by atoms with van der Waals surface area (Å²) in [6.45, 7) is 2.71. The number of aromatic nitrogens is 1. The molecule has 0 saturated carbocycles. The number of ether oxygens (including phenoxy) is 1. The molecule has 1 aromatic heterocycles. The van der Waals surface area contributed by atoms with Crippen molar-refractivity contribution in [1.82, 2.24) is 9.88 Å². The first-order chi connectivity index (χ1) is 11.0. The van der Waals surface area contributed by atoms with Crippen molar-refractivity contribution in [2.45, 2.75) is 25.5 Å². The maximum absolute atomic E-state index is 12.0. The molecule has 1 atom stereocenters. The number of carbonyl (C=O) groups excluding carboxylic acids is 1. The van der Waals surface area contributed by atoms with E-state index in [2.05, 4.69) is 4.98 Å². The molecule has 126 valence electrons. The van der Waals surface area contributed by atoms with Gasteiger partial charge in [-0.05, 0) is 6.42 Å². The van der Waals surface area contributed by atoms with Gasteiger partial charge in [-0.25, -0.2) is 0 Å². The van der Waals surface area contributed by atoms with Gasteiger partial charge in [-0.15, -0.1) is 0 Å². The summed E-state index contributed by atoms with van der Waals surface area (Å²) in [5, 5.41) is 8.48. The third kappa shape index (κ3) is 6.65. The molecule has 0 bridgehead atoms. The van der Waals surface area contributed by atoms with Crippen LogP contribution < -0.4 is 10.2 Å². The molecule has 1 amide bonds. The summed E-state index contributed by atoms with van der Waals surface area (Å²) in [5.74, 6) is -0.114. The van der Waals surface area contributed by atoms with Crippen LogP contribution in [0.15, 0.2) is 17.1 Å². The lowest BCUT2D eigenvalue weighted by Crippen LogP contribution is -2.32. The molecule has 23 heavy (non-hydrogen) atoms. The van der Waals surface area contributed by atoms with E-state index in [-0.39, 0.29) is 35.0 Å². The van der Waals surface area contributed by atoms with Gasteiger partial charge in [0.1, 0.15) is 5.75 Å². The molecule has 0 saturated heterocycles. The Kier molecular flexibility index (Phi) is 8.05. The fraction of sp³-hybridized carbons (Fsp3) is 0.533. The number of nitriles is 1. The van der Waals surface area contributed by atoms with Crippen LogP contribution in [0.4, 0.5) is 0 Å². The number of aromatic amines is 1. The molecule has 1 aromatic rings. The van der Waals surface area contributed by atoms with Crippen LogP contribution in [-0.4, -0.2) is 46.0 Å². The van der Waals surface area contributed by atoms with Crippen molar-refractivity contribution < 1.29 is 13.7 Å². The molecule has 0 fully saturated rings. The van der Waals surface area contributed by atoms with Crippen molar-refractivity contribution in [3.63, 3.8) is 0 Å². The number of hydrogen-bond donors (Lipinski definition) is 1. The zero-order valence-corrected chi connectivity index (χ0v) is 14.1. The number of pyridine rings is 1. The molecule has 0 aliphatic rings. The monoisotopic (exact) mass is 339 g/mol. The molecule has 1 rings (SSSR count). The smallest absolute Gasteiger partial charge is 0.234 e. The van der Waals surface area contributed by atoms with Crippen molar-refractivity contribution in [2.75, 3.05) is 26.0 Å². The van der Waals surface area contributed by atoms with Gasteiger partial charge in [-0.1, -0.05) is 6.92 Å². The Bertz CT molecular complexity index is 651. The van der Waals surface area contributed by atoms with Crippen LogP contribution in [0, 0.1) is 11.3 Å². The summed E-state index contributed by atoms with van der Waals surface area (Å²) in [6.07, 6.45) is 2.49. The SMILES string of the molecule is CCCOc1c[nH]c(CS(=O)CC(=O)N(C)CCC#N)cc1=O. The summed E-state index contributed by atoms with van der Waals surface area (Å²) >= 11 is 0. The van der Waals surface area contributed by atoms with E-state index in [1.807, 2.05) is 13.0 Å². The fourth-order valence-electron chi connectivity index (χ4n) is 1.72. The largest absolute Gasteiger partial charge is 0.488 e. The standard InChI is InChI=1S/C15H21N3O4S/c1-3-7-22-14-9-17-12(8-13(14)19)10-23(21)11-15(20)18(2)6-4-5-16/h8-9H,3-4,6-7,10-11H2,1-2H3,(H,17,19). The topological polar surface area (TPSA) is 103 Å². The van der Waals surface area contributed by atoms with Crippen molar-refractivity contribution in [3.8, 4) is 11.8 Å². The van der Waals surface area contributed by atoms with E-state index >= 15 is 0 Å². The highest BCUT2D eigenvalue weighted by atomic mass is 32.2. The van der Waals surface area contributed by atoms with Gasteiger partial charge in [0.25, 0.3) is 0 Å². The Morgan fingerprint density at radius 3 is 2.87 bits per heavy atom. The molecule has 1 unspecified atom stereocenters. The van der Waals surface area contributed by atoms with Gasteiger partial charge in [-0.2, -0.15) is 5.26 Å². The second-order valence-corrected chi connectivity index (χ2v) is 6.44. The number of carbonyl (C=O) groups is 1. The van der Waals surface area contributed by atoms with Crippen molar-refractivity contribution in [2.24, 2.45) is 0 Å². The second kappa shape index (κ2) is 9.79. The molecule has 0 radical (unpaired) electrons. The van der Waals surface area contributed by atoms with Crippen LogP contribution in [0.2, 0.25) is 0 Å². The zero-order chi connectivity index (χ0) is 17.2. The Hall–Kier alpha value is -2.14. The van der Waals surface area contributed by atoms with Crippen LogP contribution in [0.3, 0.4) is 0 Å². The van der Waals surface area contributed by atoms with Gasteiger partial charge in [0.15, 0.2) is 5.75 Å². The number of amides is 1. The number of nitrogens with one attached hydrogen (secondary N) is 1. The summed E-state index contributed by atoms with van der Waals surface area (Å²) in [4.78, 5) is 27.9. The van der Waals surface area contributed by atoms with Gasteiger partial charge in [0.2, 0.25) is 11.3 Å². The molecule has 0 spiro atoms. The average molecular weight is 339 g/mol. The van der Waals surface area contributed by atoms with Crippen LogP contribution >= 0.6 is 0 Å². The first-order valence-electron chi connectivity index (χ1n) is 7.28. The average Bonchev–Trinajstić information content (AvgIpc) is 2.51. The number of H-pyrrole nitrogens is 1. The quantitative estimate of drug-likeness (QED) is 0.716.